The molecule has 0 spiro atoms. The highest BCUT2D eigenvalue weighted by molar-refractivity contribution is 6.23. The molecule has 0 amide bonds. The molecule has 0 aliphatic heterocycles. The fourth-order valence-electron chi connectivity index (χ4n) is 4.01. The average Bonchev–Trinajstić information content (AvgIpc) is 2.76. The van der Waals surface area contributed by atoms with Gasteiger partial charge in [-0.1, -0.05) is 54.6 Å². The van der Waals surface area contributed by atoms with E-state index in [0.717, 1.165) is 27.8 Å². The Kier molecular flexibility index (Phi) is 4.03. The van der Waals surface area contributed by atoms with E-state index in [-0.39, 0.29) is 23.5 Å². The average molecular weight is 396 g/mol. The largest absolute Gasteiger partial charge is 0.489 e. The number of carboxylic acid groups (broad SMARTS) is 2. The highest BCUT2D eigenvalue weighted by Crippen LogP contribution is 2.36. The molecule has 0 fully saturated rings. The van der Waals surface area contributed by atoms with Gasteiger partial charge in [-0.05, 0) is 56.1 Å². The van der Waals surface area contributed by atoms with E-state index in [2.05, 4.69) is 36.4 Å². The van der Waals surface area contributed by atoms with Crippen LogP contribution in [0.2, 0.25) is 0 Å². The van der Waals surface area contributed by atoms with Crippen LogP contribution in [0.4, 0.5) is 0 Å². The molecular weight excluding hydrogens is 380 g/mol. The molecule has 2 N–H and O–H groups in total. The molecule has 5 rings (SSSR count). The Morgan fingerprint density at radius 3 is 1.90 bits per heavy atom. The number of benzene rings is 5. The van der Waals surface area contributed by atoms with Gasteiger partial charge in [-0.15, -0.1) is 0 Å². The summed E-state index contributed by atoms with van der Waals surface area (Å²) < 4.78 is 5.84. The van der Waals surface area contributed by atoms with Crippen LogP contribution in [0.5, 0.6) is 5.75 Å². The van der Waals surface area contributed by atoms with E-state index < -0.39 is 11.9 Å². The molecule has 0 bridgehead atoms. The minimum absolute atomic E-state index is 0.125. The van der Waals surface area contributed by atoms with Crippen LogP contribution in [0.1, 0.15) is 26.3 Å². The monoisotopic (exact) mass is 396 g/mol. The molecule has 5 heteroatoms. The first-order chi connectivity index (χ1) is 14.5. The lowest BCUT2D eigenvalue weighted by atomic mass is 9.92. The Balaban J connectivity index is 1.58. The number of carbonyl (C=O) groups is 2. The van der Waals surface area contributed by atoms with Crippen LogP contribution in [-0.2, 0) is 6.61 Å². The third-order valence-corrected chi connectivity index (χ3v) is 5.41. The summed E-state index contributed by atoms with van der Waals surface area (Å²) in [4.78, 5) is 22.6. The normalized spacial score (nSPS) is 11.3. The van der Waals surface area contributed by atoms with Gasteiger partial charge in [-0.25, -0.2) is 9.59 Å². The Labute approximate surface area is 171 Å². The molecule has 146 valence electrons. The molecule has 5 aromatic rings. The molecular formula is C25H16O5. The smallest absolute Gasteiger partial charge is 0.335 e. The van der Waals surface area contributed by atoms with Crippen LogP contribution in [0.15, 0.2) is 72.8 Å². The Bertz CT molecular complexity index is 1400. The molecule has 5 aromatic carbocycles. The van der Waals surface area contributed by atoms with Gasteiger partial charge in [0, 0.05) is 0 Å². The van der Waals surface area contributed by atoms with Crippen LogP contribution in [0.3, 0.4) is 0 Å². The summed E-state index contributed by atoms with van der Waals surface area (Å²) in [7, 11) is 0. The van der Waals surface area contributed by atoms with Crippen molar-refractivity contribution in [3.05, 3.63) is 89.5 Å². The van der Waals surface area contributed by atoms with Crippen LogP contribution >= 0.6 is 0 Å². The molecule has 0 radical (unpaired) electrons. The van der Waals surface area contributed by atoms with E-state index in [0.29, 0.717) is 0 Å². The van der Waals surface area contributed by atoms with Crippen molar-refractivity contribution in [2.45, 2.75) is 6.61 Å². The van der Waals surface area contributed by atoms with E-state index in [1.807, 2.05) is 18.2 Å². The van der Waals surface area contributed by atoms with E-state index >= 15 is 0 Å². The first-order valence-corrected chi connectivity index (χ1v) is 9.41. The van der Waals surface area contributed by atoms with Crippen molar-refractivity contribution in [2.75, 3.05) is 0 Å². The van der Waals surface area contributed by atoms with Crippen LogP contribution in [0.25, 0.3) is 32.3 Å². The van der Waals surface area contributed by atoms with Crippen molar-refractivity contribution < 1.29 is 24.5 Å². The Morgan fingerprint density at radius 1 is 0.700 bits per heavy atom. The topological polar surface area (TPSA) is 83.8 Å². The van der Waals surface area contributed by atoms with Gasteiger partial charge < -0.3 is 14.9 Å². The van der Waals surface area contributed by atoms with Gasteiger partial charge in [-0.2, -0.15) is 0 Å². The molecule has 0 aromatic heterocycles. The summed E-state index contributed by atoms with van der Waals surface area (Å²) >= 11 is 0. The second-order valence-corrected chi connectivity index (χ2v) is 7.23. The molecule has 0 saturated heterocycles. The first kappa shape index (κ1) is 17.9. The zero-order valence-electron chi connectivity index (χ0n) is 15.8. The summed E-state index contributed by atoms with van der Waals surface area (Å²) in [5.41, 5.74) is 0.693. The minimum Gasteiger partial charge on any atom is -0.489 e. The zero-order chi connectivity index (χ0) is 20.8. The number of rotatable bonds is 5. The SMILES string of the molecule is O=C(O)c1cc(OCc2ccc3ccc4cccc5ccc2c3c45)cc(C(=O)O)c1. The van der Waals surface area contributed by atoms with E-state index in [9.17, 15) is 19.8 Å². The predicted molar refractivity (Wildman–Crippen MR) is 115 cm³/mol. The molecule has 0 aliphatic rings. The number of hydrogen-bond acceptors (Lipinski definition) is 3. The highest BCUT2D eigenvalue weighted by Gasteiger charge is 2.14. The van der Waals surface area contributed by atoms with E-state index in [1.165, 1.54) is 28.3 Å². The summed E-state index contributed by atoms with van der Waals surface area (Å²) in [6, 6.07) is 22.4. The summed E-state index contributed by atoms with van der Waals surface area (Å²) in [6.07, 6.45) is 0. The van der Waals surface area contributed by atoms with E-state index in [4.69, 9.17) is 4.74 Å². The standard InChI is InChI=1S/C25H16O5/c26-24(27)18-10-19(25(28)29)12-20(11-18)30-13-17-7-6-16-5-4-14-2-1-3-15-8-9-21(17)23(16)22(14)15/h1-12H,13H2,(H,26,27)(H,28,29). The maximum atomic E-state index is 11.3. The number of carboxylic acids is 2. The van der Waals surface area contributed by atoms with Gasteiger partial charge in [0.25, 0.3) is 0 Å². The van der Waals surface area contributed by atoms with Gasteiger partial charge in [0.2, 0.25) is 0 Å². The summed E-state index contributed by atoms with van der Waals surface area (Å²) in [5.74, 6) is -2.20. The van der Waals surface area contributed by atoms with Crippen molar-refractivity contribution in [3.63, 3.8) is 0 Å². The molecule has 0 saturated carbocycles. The molecule has 0 unspecified atom stereocenters. The van der Waals surface area contributed by atoms with Crippen molar-refractivity contribution in [1.82, 2.24) is 0 Å². The van der Waals surface area contributed by atoms with Crippen molar-refractivity contribution in [3.8, 4) is 5.75 Å². The quantitative estimate of drug-likeness (QED) is 0.380. The number of ether oxygens (including phenoxy) is 1. The zero-order valence-corrected chi connectivity index (χ0v) is 15.8. The van der Waals surface area contributed by atoms with Crippen molar-refractivity contribution in [2.24, 2.45) is 0 Å². The second kappa shape index (κ2) is 6.74. The molecule has 0 heterocycles. The van der Waals surface area contributed by atoms with Gasteiger partial charge in [0.1, 0.15) is 12.4 Å². The maximum absolute atomic E-state index is 11.3. The lowest BCUT2D eigenvalue weighted by Crippen LogP contribution is -2.04. The maximum Gasteiger partial charge on any atom is 0.335 e. The fraction of sp³-hybridized carbons (Fsp3) is 0.0400. The van der Waals surface area contributed by atoms with Gasteiger partial charge in [0.05, 0.1) is 11.1 Å². The third kappa shape index (κ3) is 2.88. The summed E-state index contributed by atoms with van der Waals surface area (Å²) in [5, 5.41) is 25.4. The molecule has 0 aliphatic carbocycles. The summed E-state index contributed by atoms with van der Waals surface area (Å²) in [6.45, 7) is 0.191. The van der Waals surface area contributed by atoms with Crippen LogP contribution in [-0.4, -0.2) is 22.2 Å². The molecule has 30 heavy (non-hydrogen) atoms. The third-order valence-electron chi connectivity index (χ3n) is 5.41. The van der Waals surface area contributed by atoms with Crippen LogP contribution in [0, 0.1) is 0 Å². The molecule has 0 atom stereocenters. The van der Waals surface area contributed by atoms with Gasteiger partial charge >= 0.3 is 11.9 Å². The second-order valence-electron chi connectivity index (χ2n) is 7.23. The highest BCUT2D eigenvalue weighted by atomic mass is 16.5. The van der Waals surface area contributed by atoms with Gasteiger partial charge in [0.15, 0.2) is 0 Å². The number of hydrogen-bond donors (Lipinski definition) is 2. The first-order valence-electron chi connectivity index (χ1n) is 9.41. The number of aromatic carboxylic acids is 2. The van der Waals surface area contributed by atoms with Crippen molar-refractivity contribution in [1.29, 1.82) is 0 Å². The van der Waals surface area contributed by atoms with Crippen molar-refractivity contribution >= 4 is 44.3 Å². The van der Waals surface area contributed by atoms with Gasteiger partial charge in [-0.3, -0.25) is 0 Å². The molecule has 5 nitrogen and oxygen atoms in total. The fourth-order valence-corrected chi connectivity index (χ4v) is 4.01. The van der Waals surface area contributed by atoms with Crippen LogP contribution < -0.4 is 4.74 Å². The van der Waals surface area contributed by atoms with E-state index in [1.54, 1.807) is 0 Å². The predicted octanol–water partition coefficient (Wildman–Crippen LogP) is 5.56. The lowest BCUT2D eigenvalue weighted by molar-refractivity contribution is 0.0696. The minimum atomic E-state index is -1.20. The lowest BCUT2D eigenvalue weighted by Gasteiger charge is -2.15. The Morgan fingerprint density at radius 2 is 1.27 bits per heavy atom. The Hall–Kier alpha value is -4.12.